The third-order valence-electron chi connectivity index (χ3n) is 6.16. The lowest BCUT2D eigenvalue weighted by molar-refractivity contribution is -0.148. The largest absolute Gasteiger partial charge is 0.469 e. The summed E-state index contributed by atoms with van der Waals surface area (Å²) in [5.41, 5.74) is 3.42. The zero-order valence-corrected chi connectivity index (χ0v) is 20.2. The predicted octanol–water partition coefficient (Wildman–Crippen LogP) is 5.85. The number of esters is 1. The van der Waals surface area contributed by atoms with E-state index >= 15 is 0 Å². The molecule has 4 heteroatoms. The molecule has 0 saturated carbocycles. The molecule has 3 aromatic rings. The molecule has 178 valence electrons. The first kappa shape index (κ1) is 25.4. The number of methoxy groups -OCH3 is 1. The van der Waals surface area contributed by atoms with Crippen LogP contribution in [0.2, 0.25) is 0 Å². The lowest BCUT2D eigenvalue weighted by atomic mass is 9.90. The van der Waals surface area contributed by atoms with Crippen molar-refractivity contribution in [3.63, 3.8) is 0 Å². The van der Waals surface area contributed by atoms with Gasteiger partial charge in [0.1, 0.15) is 0 Å². The molecule has 0 saturated heterocycles. The van der Waals surface area contributed by atoms with Gasteiger partial charge in [-0.2, -0.15) is 0 Å². The lowest BCUT2D eigenvalue weighted by Gasteiger charge is -2.32. The molecular formula is C30H35NO3. The number of carbonyl (C=O) groups excluding carboxylic acids is 2. The van der Waals surface area contributed by atoms with Gasteiger partial charge in [-0.25, -0.2) is 0 Å². The fourth-order valence-electron chi connectivity index (χ4n) is 4.39. The Labute approximate surface area is 203 Å². The van der Waals surface area contributed by atoms with Crippen molar-refractivity contribution in [1.82, 2.24) is 4.90 Å². The van der Waals surface area contributed by atoms with E-state index in [0.717, 1.165) is 23.1 Å². The second kappa shape index (κ2) is 13.5. The number of ether oxygens (including phenoxy) is 1. The Morgan fingerprint density at radius 1 is 0.765 bits per heavy atom. The minimum Gasteiger partial charge on any atom is -0.469 e. The van der Waals surface area contributed by atoms with Crippen molar-refractivity contribution in [3.8, 4) is 0 Å². The third-order valence-corrected chi connectivity index (χ3v) is 6.16. The van der Waals surface area contributed by atoms with Gasteiger partial charge in [0.05, 0.1) is 19.1 Å². The number of benzene rings is 3. The SMILES string of the molecule is CCC[C@H](CC(=O)[C@H](Cc1ccccc1)N(Cc1ccccc1)Cc1ccccc1)C(=O)OC. The minimum atomic E-state index is -0.406. The van der Waals surface area contributed by atoms with Crippen LogP contribution in [0.3, 0.4) is 0 Å². The number of carbonyl (C=O) groups is 2. The Balaban J connectivity index is 1.94. The molecular weight excluding hydrogens is 422 g/mol. The Morgan fingerprint density at radius 3 is 1.68 bits per heavy atom. The minimum absolute atomic E-state index is 0.0829. The molecule has 0 aromatic heterocycles. The van der Waals surface area contributed by atoms with Crippen molar-refractivity contribution in [2.75, 3.05) is 7.11 Å². The predicted molar refractivity (Wildman–Crippen MR) is 136 cm³/mol. The molecule has 34 heavy (non-hydrogen) atoms. The van der Waals surface area contributed by atoms with Crippen LogP contribution in [0.4, 0.5) is 0 Å². The van der Waals surface area contributed by atoms with Crippen molar-refractivity contribution < 1.29 is 14.3 Å². The normalized spacial score (nSPS) is 12.8. The van der Waals surface area contributed by atoms with E-state index in [1.807, 2.05) is 61.5 Å². The van der Waals surface area contributed by atoms with Crippen molar-refractivity contribution in [2.24, 2.45) is 5.92 Å². The number of hydrogen-bond acceptors (Lipinski definition) is 4. The first-order valence-electron chi connectivity index (χ1n) is 12.1. The average Bonchev–Trinajstić information content (AvgIpc) is 2.88. The van der Waals surface area contributed by atoms with E-state index in [9.17, 15) is 9.59 Å². The van der Waals surface area contributed by atoms with Crippen LogP contribution in [0.1, 0.15) is 42.9 Å². The Kier molecular flexibility index (Phi) is 10.1. The van der Waals surface area contributed by atoms with E-state index in [1.165, 1.54) is 7.11 Å². The van der Waals surface area contributed by atoms with Gasteiger partial charge in [-0.1, -0.05) is 104 Å². The quantitative estimate of drug-likeness (QED) is 0.302. The molecule has 0 aliphatic carbocycles. The molecule has 0 spiro atoms. The van der Waals surface area contributed by atoms with Crippen LogP contribution in [-0.2, 0) is 33.8 Å². The summed E-state index contributed by atoms with van der Waals surface area (Å²) in [6.07, 6.45) is 2.26. The van der Waals surface area contributed by atoms with Crippen LogP contribution in [0.5, 0.6) is 0 Å². The zero-order chi connectivity index (χ0) is 24.2. The number of hydrogen-bond donors (Lipinski definition) is 0. The van der Waals surface area contributed by atoms with Gasteiger partial charge in [-0.3, -0.25) is 14.5 Å². The molecule has 0 fully saturated rings. The molecule has 0 radical (unpaired) electrons. The van der Waals surface area contributed by atoms with Crippen LogP contribution in [0.15, 0.2) is 91.0 Å². The van der Waals surface area contributed by atoms with Gasteiger partial charge in [-0.05, 0) is 29.5 Å². The maximum absolute atomic E-state index is 13.8. The van der Waals surface area contributed by atoms with E-state index in [-0.39, 0.29) is 24.2 Å². The van der Waals surface area contributed by atoms with Crippen molar-refractivity contribution in [1.29, 1.82) is 0 Å². The van der Waals surface area contributed by atoms with Gasteiger partial charge in [0.2, 0.25) is 0 Å². The van der Waals surface area contributed by atoms with Gasteiger partial charge in [0, 0.05) is 19.5 Å². The molecule has 4 nitrogen and oxygen atoms in total. The van der Waals surface area contributed by atoms with Crippen LogP contribution in [0, 0.1) is 5.92 Å². The molecule has 0 aliphatic heterocycles. The number of rotatable bonds is 13. The molecule has 0 aliphatic rings. The summed E-state index contributed by atoms with van der Waals surface area (Å²) >= 11 is 0. The summed E-state index contributed by atoms with van der Waals surface area (Å²) < 4.78 is 5.01. The van der Waals surface area contributed by atoms with Crippen LogP contribution in [-0.4, -0.2) is 29.8 Å². The fourth-order valence-corrected chi connectivity index (χ4v) is 4.39. The van der Waals surface area contributed by atoms with Crippen molar-refractivity contribution >= 4 is 11.8 Å². The van der Waals surface area contributed by atoms with Crippen molar-refractivity contribution in [3.05, 3.63) is 108 Å². The highest BCUT2D eigenvalue weighted by Crippen LogP contribution is 2.22. The number of nitrogens with zero attached hydrogens (tertiary/aromatic N) is 1. The van der Waals surface area contributed by atoms with E-state index in [1.54, 1.807) is 0 Å². The Hall–Kier alpha value is -3.24. The highest BCUT2D eigenvalue weighted by Gasteiger charge is 2.31. The fraction of sp³-hybridized carbons (Fsp3) is 0.333. The van der Waals surface area contributed by atoms with Crippen molar-refractivity contribution in [2.45, 2.75) is 51.7 Å². The van der Waals surface area contributed by atoms with Crippen LogP contribution in [0.25, 0.3) is 0 Å². The topological polar surface area (TPSA) is 46.6 Å². The monoisotopic (exact) mass is 457 g/mol. The molecule has 0 amide bonds. The van der Waals surface area contributed by atoms with E-state index < -0.39 is 5.92 Å². The highest BCUT2D eigenvalue weighted by atomic mass is 16.5. The molecule has 0 bridgehead atoms. The summed E-state index contributed by atoms with van der Waals surface area (Å²) in [6.45, 7) is 3.32. The molecule has 2 atom stereocenters. The van der Waals surface area contributed by atoms with Gasteiger partial charge >= 0.3 is 5.97 Å². The van der Waals surface area contributed by atoms with Crippen LogP contribution >= 0.6 is 0 Å². The van der Waals surface area contributed by atoms with Gasteiger partial charge in [0.25, 0.3) is 0 Å². The molecule has 0 N–H and O–H groups in total. The smallest absolute Gasteiger partial charge is 0.309 e. The van der Waals surface area contributed by atoms with E-state index in [4.69, 9.17) is 4.74 Å². The number of Topliss-reactive ketones (excluding diaryl/α,β-unsaturated/α-hetero) is 1. The summed E-state index contributed by atoms with van der Waals surface area (Å²) in [6, 6.07) is 30.3. The summed E-state index contributed by atoms with van der Waals surface area (Å²) in [4.78, 5) is 28.5. The van der Waals surface area contributed by atoms with E-state index in [2.05, 4.69) is 41.3 Å². The third kappa shape index (κ3) is 7.67. The average molecular weight is 458 g/mol. The van der Waals surface area contributed by atoms with Gasteiger partial charge in [0.15, 0.2) is 5.78 Å². The first-order chi connectivity index (χ1) is 16.6. The second-order valence-corrected chi connectivity index (χ2v) is 8.76. The summed E-state index contributed by atoms with van der Waals surface area (Å²) in [5, 5.41) is 0. The van der Waals surface area contributed by atoms with Crippen LogP contribution < -0.4 is 0 Å². The van der Waals surface area contributed by atoms with Gasteiger partial charge in [-0.15, -0.1) is 0 Å². The summed E-state index contributed by atoms with van der Waals surface area (Å²) in [5.74, 6) is -0.623. The standard InChI is InChI=1S/C30H35NO3/c1-3-13-27(30(33)34-2)21-29(32)28(20-24-14-7-4-8-15-24)31(22-25-16-9-5-10-17-25)23-26-18-11-6-12-19-26/h4-12,14-19,27-28H,3,13,20-23H2,1-2H3/t27-,28+/m1/s1. The summed E-state index contributed by atoms with van der Waals surface area (Å²) in [7, 11) is 1.40. The molecule has 0 unspecified atom stereocenters. The maximum atomic E-state index is 13.8. The molecule has 0 heterocycles. The Bertz CT molecular complexity index is 963. The van der Waals surface area contributed by atoms with Gasteiger partial charge < -0.3 is 4.74 Å². The maximum Gasteiger partial charge on any atom is 0.309 e. The lowest BCUT2D eigenvalue weighted by Crippen LogP contribution is -2.43. The molecule has 3 rings (SSSR count). The first-order valence-corrected chi connectivity index (χ1v) is 12.1. The second-order valence-electron chi connectivity index (χ2n) is 8.76. The van der Waals surface area contributed by atoms with E-state index in [0.29, 0.717) is 25.9 Å². The highest BCUT2D eigenvalue weighted by molar-refractivity contribution is 5.88. The zero-order valence-electron chi connectivity index (χ0n) is 20.2. The molecule has 3 aromatic carbocycles. The number of ketones is 1. The Morgan fingerprint density at radius 2 is 1.24 bits per heavy atom.